The highest BCUT2D eigenvalue weighted by molar-refractivity contribution is 8.00. The van der Waals surface area contributed by atoms with Crippen LogP contribution in [0.3, 0.4) is 0 Å². The molecule has 102 valence electrons. The third-order valence-corrected chi connectivity index (χ3v) is 4.07. The third kappa shape index (κ3) is 4.06. The van der Waals surface area contributed by atoms with E-state index in [2.05, 4.69) is 9.97 Å². The summed E-state index contributed by atoms with van der Waals surface area (Å²) in [6.07, 6.45) is -3.03. The number of carbonyl (C=O) groups excluding carboxylic acids is 1. The number of amides is 1. The smallest absolute Gasteiger partial charge is 0.346 e. The molecule has 0 atom stereocenters. The van der Waals surface area contributed by atoms with Gasteiger partial charge in [0.2, 0.25) is 5.91 Å². The van der Waals surface area contributed by atoms with Crippen molar-refractivity contribution < 1.29 is 18.0 Å². The number of thiophene rings is 1. The molecular formula is C10H8F3N3OS2. The van der Waals surface area contributed by atoms with Crippen LogP contribution < -0.4 is 5.32 Å². The molecule has 2 heterocycles. The summed E-state index contributed by atoms with van der Waals surface area (Å²) in [5.74, 6) is -0.786. The van der Waals surface area contributed by atoms with Crippen LogP contribution in [0.2, 0.25) is 0 Å². The van der Waals surface area contributed by atoms with Crippen molar-refractivity contribution in [1.29, 1.82) is 0 Å². The molecule has 2 aromatic rings. The molecule has 1 N–H and O–H groups in total. The van der Waals surface area contributed by atoms with Gasteiger partial charge in [-0.05, 0) is 11.4 Å². The molecular weight excluding hydrogens is 299 g/mol. The summed E-state index contributed by atoms with van der Waals surface area (Å²) in [6, 6.07) is 1.81. The molecule has 1 amide bonds. The van der Waals surface area contributed by atoms with Gasteiger partial charge in [0.15, 0.2) is 0 Å². The summed E-state index contributed by atoms with van der Waals surface area (Å²) in [5.41, 5.74) is 0.762. The standard InChI is InChI=1S/C10H8F3N3OS2/c11-10(12,13)4-14-7(17)3-19-9-8-6(1-2-18-8)15-5-16-9/h1-2,5H,3-4H2,(H,14,17). The fraction of sp³-hybridized carbons (Fsp3) is 0.300. The van der Waals surface area contributed by atoms with Gasteiger partial charge in [0.1, 0.15) is 17.9 Å². The molecule has 0 aliphatic heterocycles. The normalized spacial score (nSPS) is 11.7. The molecule has 9 heteroatoms. The van der Waals surface area contributed by atoms with E-state index in [9.17, 15) is 18.0 Å². The Morgan fingerprint density at radius 1 is 1.42 bits per heavy atom. The van der Waals surface area contributed by atoms with Crippen LogP contribution in [-0.4, -0.2) is 34.3 Å². The summed E-state index contributed by atoms with van der Waals surface area (Å²) >= 11 is 2.52. The van der Waals surface area contributed by atoms with Crippen LogP contribution in [-0.2, 0) is 4.79 Å². The van der Waals surface area contributed by atoms with Gasteiger partial charge in [-0.3, -0.25) is 4.79 Å². The van der Waals surface area contributed by atoms with Gasteiger partial charge in [0.05, 0.1) is 16.0 Å². The fourth-order valence-electron chi connectivity index (χ4n) is 1.25. The van der Waals surface area contributed by atoms with Crippen molar-refractivity contribution in [2.45, 2.75) is 11.2 Å². The van der Waals surface area contributed by atoms with E-state index in [0.717, 1.165) is 22.0 Å². The molecule has 2 aromatic heterocycles. The van der Waals surface area contributed by atoms with Gasteiger partial charge in [-0.25, -0.2) is 9.97 Å². The lowest BCUT2D eigenvalue weighted by atomic mass is 10.5. The molecule has 2 rings (SSSR count). The number of fused-ring (bicyclic) bond motifs is 1. The lowest BCUT2D eigenvalue weighted by molar-refractivity contribution is -0.136. The zero-order valence-electron chi connectivity index (χ0n) is 9.40. The van der Waals surface area contributed by atoms with Crippen LogP contribution in [0.5, 0.6) is 0 Å². The van der Waals surface area contributed by atoms with Crippen molar-refractivity contribution in [2.24, 2.45) is 0 Å². The van der Waals surface area contributed by atoms with Gasteiger partial charge >= 0.3 is 6.18 Å². The fourth-order valence-corrected chi connectivity index (χ4v) is 3.03. The summed E-state index contributed by atoms with van der Waals surface area (Å²) in [6.45, 7) is -1.31. The Morgan fingerprint density at radius 3 is 2.95 bits per heavy atom. The Bertz CT molecular complexity index is 585. The van der Waals surface area contributed by atoms with Crippen molar-refractivity contribution in [3.05, 3.63) is 17.8 Å². The van der Waals surface area contributed by atoms with Crippen molar-refractivity contribution in [1.82, 2.24) is 15.3 Å². The van der Waals surface area contributed by atoms with Gasteiger partial charge in [0.25, 0.3) is 0 Å². The topological polar surface area (TPSA) is 54.9 Å². The number of aromatic nitrogens is 2. The Kier molecular flexibility index (Phi) is 4.25. The summed E-state index contributed by atoms with van der Waals surface area (Å²) in [5, 5.41) is 4.25. The maximum Gasteiger partial charge on any atom is 0.405 e. The Labute approximate surface area is 114 Å². The van der Waals surface area contributed by atoms with E-state index in [1.807, 2.05) is 16.8 Å². The summed E-state index contributed by atoms with van der Waals surface area (Å²) < 4.78 is 36.5. The van der Waals surface area contributed by atoms with Crippen molar-refractivity contribution >= 4 is 39.2 Å². The van der Waals surface area contributed by atoms with Gasteiger partial charge in [-0.1, -0.05) is 11.8 Å². The van der Waals surface area contributed by atoms with E-state index in [-0.39, 0.29) is 5.75 Å². The quantitative estimate of drug-likeness (QED) is 0.696. The minimum absolute atomic E-state index is 0.111. The second-order valence-corrected chi connectivity index (χ2v) is 5.37. The average molecular weight is 307 g/mol. The number of hydrogen-bond acceptors (Lipinski definition) is 5. The van der Waals surface area contributed by atoms with Crippen molar-refractivity contribution in [3.63, 3.8) is 0 Å². The predicted molar refractivity (Wildman–Crippen MR) is 67.2 cm³/mol. The van der Waals surface area contributed by atoms with Crippen LogP contribution in [0.25, 0.3) is 10.2 Å². The second kappa shape index (κ2) is 5.74. The number of halogens is 3. The third-order valence-electron chi connectivity index (χ3n) is 2.04. The highest BCUT2D eigenvalue weighted by Gasteiger charge is 2.27. The molecule has 0 unspecified atom stereocenters. The van der Waals surface area contributed by atoms with E-state index in [0.29, 0.717) is 5.03 Å². The van der Waals surface area contributed by atoms with E-state index >= 15 is 0 Å². The second-order valence-electron chi connectivity index (χ2n) is 3.49. The van der Waals surface area contributed by atoms with Gasteiger partial charge in [-0.2, -0.15) is 13.2 Å². The molecule has 0 radical (unpaired) electrons. The van der Waals surface area contributed by atoms with Crippen molar-refractivity contribution in [3.8, 4) is 0 Å². The highest BCUT2D eigenvalue weighted by atomic mass is 32.2. The molecule has 0 aromatic carbocycles. The van der Waals surface area contributed by atoms with Crippen LogP contribution in [0.1, 0.15) is 0 Å². The number of hydrogen-bond donors (Lipinski definition) is 1. The highest BCUT2D eigenvalue weighted by Crippen LogP contribution is 2.28. The minimum Gasteiger partial charge on any atom is -0.346 e. The van der Waals surface area contributed by atoms with Crippen LogP contribution in [0.4, 0.5) is 13.2 Å². The largest absolute Gasteiger partial charge is 0.405 e. The molecule has 0 spiro atoms. The molecule has 19 heavy (non-hydrogen) atoms. The van der Waals surface area contributed by atoms with Crippen LogP contribution >= 0.6 is 23.1 Å². The average Bonchev–Trinajstić information content (AvgIpc) is 2.81. The Hall–Kier alpha value is -1.35. The SMILES string of the molecule is O=C(CSc1ncnc2ccsc12)NCC(F)(F)F. The number of nitrogens with one attached hydrogen (secondary N) is 1. The first-order valence-electron chi connectivity index (χ1n) is 5.10. The lowest BCUT2D eigenvalue weighted by Crippen LogP contribution is -2.34. The van der Waals surface area contributed by atoms with E-state index in [4.69, 9.17) is 0 Å². The van der Waals surface area contributed by atoms with Crippen LogP contribution in [0.15, 0.2) is 22.8 Å². The molecule has 0 saturated carbocycles. The predicted octanol–water partition coefficient (Wildman–Crippen LogP) is 2.46. The number of rotatable bonds is 4. The molecule has 0 aliphatic rings. The van der Waals surface area contributed by atoms with Gasteiger partial charge < -0.3 is 5.32 Å². The number of alkyl halides is 3. The van der Waals surface area contributed by atoms with E-state index in [1.165, 1.54) is 17.7 Å². The minimum atomic E-state index is -4.39. The van der Waals surface area contributed by atoms with Gasteiger partial charge in [0, 0.05) is 0 Å². The first-order chi connectivity index (χ1) is 8.96. The first-order valence-corrected chi connectivity index (χ1v) is 6.97. The number of carbonyl (C=O) groups is 1. The summed E-state index contributed by atoms with van der Waals surface area (Å²) in [4.78, 5) is 19.3. The molecule has 0 saturated heterocycles. The monoisotopic (exact) mass is 307 g/mol. The van der Waals surface area contributed by atoms with Gasteiger partial charge in [-0.15, -0.1) is 11.3 Å². The molecule has 0 fully saturated rings. The zero-order valence-corrected chi connectivity index (χ0v) is 11.0. The number of thioether (sulfide) groups is 1. The van der Waals surface area contributed by atoms with E-state index < -0.39 is 18.6 Å². The summed E-state index contributed by atoms with van der Waals surface area (Å²) in [7, 11) is 0. The Balaban J connectivity index is 1.92. The maximum absolute atomic E-state index is 11.9. The molecule has 0 aliphatic carbocycles. The molecule has 0 bridgehead atoms. The van der Waals surface area contributed by atoms with E-state index in [1.54, 1.807) is 0 Å². The maximum atomic E-state index is 11.9. The molecule has 4 nitrogen and oxygen atoms in total. The van der Waals surface area contributed by atoms with Crippen molar-refractivity contribution in [2.75, 3.05) is 12.3 Å². The Morgan fingerprint density at radius 2 is 2.21 bits per heavy atom. The van der Waals surface area contributed by atoms with Crippen LogP contribution in [0, 0.1) is 0 Å². The zero-order chi connectivity index (χ0) is 13.9. The lowest BCUT2D eigenvalue weighted by Gasteiger charge is -2.07. The number of nitrogens with zero attached hydrogens (tertiary/aromatic N) is 2. The first kappa shape index (κ1) is 14.1.